The molecular weight excluding hydrogens is 296 g/mol. The molecule has 2 aromatic rings. The van der Waals surface area contributed by atoms with E-state index >= 15 is 0 Å². The topological polar surface area (TPSA) is 35.0 Å². The number of benzene rings is 1. The van der Waals surface area contributed by atoms with Gasteiger partial charge < -0.3 is 4.74 Å². The molecule has 0 atom stereocenters. The van der Waals surface area contributed by atoms with Crippen molar-refractivity contribution in [3.63, 3.8) is 0 Å². The van der Waals surface area contributed by atoms with Crippen molar-refractivity contribution in [2.45, 2.75) is 24.1 Å². The molecule has 0 unspecified atom stereocenters. The Balaban J connectivity index is 1.95. The van der Waals surface area contributed by atoms with Gasteiger partial charge in [0.05, 0.1) is 7.11 Å². The van der Waals surface area contributed by atoms with E-state index in [0.29, 0.717) is 0 Å². The number of nitrogens with zero attached hydrogens (tertiary/aromatic N) is 2. The molecule has 6 heteroatoms. The average molecular weight is 312 g/mol. The summed E-state index contributed by atoms with van der Waals surface area (Å²) >= 11 is 1.64. The van der Waals surface area contributed by atoms with E-state index in [1.807, 2.05) is 35.1 Å². The minimum Gasteiger partial charge on any atom is -0.497 e. The van der Waals surface area contributed by atoms with E-state index < -0.39 is 0 Å². The summed E-state index contributed by atoms with van der Waals surface area (Å²) in [5.74, 6) is 2.02. The minimum atomic E-state index is 0.859. The molecule has 0 bridgehead atoms. The lowest BCUT2D eigenvalue weighted by Gasteiger charge is -1.99. The molecule has 0 aliphatic heterocycles. The van der Waals surface area contributed by atoms with Crippen LogP contribution in [0.1, 0.15) is 19.8 Å². The van der Waals surface area contributed by atoms with Gasteiger partial charge in [0.2, 0.25) is 0 Å². The third-order valence-electron chi connectivity index (χ3n) is 2.45. The van der Waals surface area contributed by atoms with E-state index in [1.54, 1.807) is 29.2 Å². The summed E-state index contributed by atoms with van der Waals surface area (Å²) in [5.41, 5.74) is 1.09. The average Bonchev–Trinajstić information content (AvgIpc) is 2.92. The third-order valence-corrected chi connectivity index (χ3v) is 6.16. The van der Waals surface area contributed by atoms with Crippen LogP contribution in [0.25, 0.3) is 10.6 Å². The van der Waals surface area contributed by atoms with E-state index in [1.165, 1.54) is 18.6 Å². The molecule has 2 rings (SSSR count). The van der Waals surface area contributed by atoms with Crippen molar-refractivity contribution in [2.75, 3.05) is 12.9 Å². The largest absolute Gasteiger partial charge is 0.497 e. The van der Waals surface area contributed by atoms with E-state index in [9.17, 15) is 0 Å². The molecule has 1 aromatic heterocycles. The lowest BCUT2D eigenvalue weighted by molar-refractivity contribution is 0.415. The van der Waals surface area contributed by atoms with Crippen LogP contribution >= 0.6 is 32.9 Å². The Labute approximate surface area is 125 Å². The van der Waals surface area contributed by atoms with Crippen LogP contribution in [0.15, 0.2) is 28.6 Å². The molecule has 0 saturated heterocycles. The lowest BCUT2D eigenvalue weighted by atomic mass is 10.2. The zero-order valence-corrected chi connectivity index (χ0v) is 13.4. The highest BCUT2D eigenvalue weighted by molar-refractivity contribution is 8.77. The molecule has 0 saturated carbocycles. The van der Waals surface area contributed by atoms with Crippen molar-refractivity contribution in [2.24, 2.45) is 0 Å². The Bertz CT molecular complexity index is 499. The van der Waals surface area contributed by atoms with Gasteiger partial charge in [0, 0.05) is 11.3 Å². The second-order valence-electron chi connectivity index (χ2n) is 3.86. The highest BCUT2D eigenvalue weighted by atomic mass is 33.1. The van der Waals surface area contributed by atoms with Crippen LogP contribution in [-0.2, 0) is 0 Å². The summed E-state index contributed by atoms with van der Waals surface area (Å²) < 4.78 is 6.17. The summed E-state index contributed by atoms with van der Waals surface area (Å²) in [7, 11) is 5.24. The molecule has 0 N–H and O–H groups in total. The van der Waals surface area contributed by atoms with Crippen molar-refractivity contribution >= 4 is 32.9 Å². The normalized spacial score (nSPS) is 10.6. The second kappa shape index (κ2) is 7.77. The third kappa shape index (κ3) is 4.40. The van der Waals surface area contributed by atoms with Crippen molar-refractivity contribution in [3.8, 4) is 16.3 Å². The fourth-order valence-corrected chi connectivity index (χ4v) is 4.75. The van der Waals surface area contributed by atoms with Crippen molar-refractivity contribution in [1.29, 1.82) is 0 Å². The number of unbranched alkanes of at least 4 members (excludes halogenated alkanes) is 1. The van der Waals surface area contributed by atoms with E-state index in [-0.39, 0.29) is 0 Å². The quantitative estimate of drug-likeness (QED) is 0.544. The van der Waals surface area contributed by atoms with Gasteiger partial charge in [-0.15, -0.1) is 10.2 Å². The molecule has 0 aliphatic rings. The molecular formula is C13H16N2OS3. The molecule has 0 aliphatic carbocycles. The Morgan fingerprint density at radius 3 is 2.68 bits per heavy atom. The molecule has 0 amide bonds. The van der Waals surface area contributed by atoms with Crippen LogP contribution in [0.2, 0.25) is 0 Å². The predicted molar refractivity (Wildman–Crippen MR) is 85.1 cm³/mol. The molecule has 0 spiro atoms. The molecule has 0 fully saturated rings. The SMILES string of the molecule is CCCCSSc1nnc(-c2ccc(OC)cc2)s1. The molecule has 3 nitrogen and oxygen atoms in total. The predicted octanol–water partition coefficient (Wildman–Crippen LogP) is 4.75. The fraction of sp³-hybridized carbons (Fsp3) is 0.385. The maximum absolute atomic E-state index is 5.15. The Kier molecular flexibility index (Phi) is 6.00. The van der Waals surface area contributed by atoms with Crippen LogP contribution in [0, 0.1) is 0 Å². The Hall–Kier alpha value is -0.720. The molecule has 1 aromatic carbocycles. The zero-order valence-electron chi connectivity index (χ0n) is 11.0. The van der Waals surface area contributed by atoms with Gasteiger partial charge in [-0.3, -0.25) is 0 Å². The second-order valence-corrected chi connectivity index (χ2v) is 7.50. The fourth-order valence-electron chi connectivity index (χ4n) is 1.39. The van der Waals surface area contributed by atoms with Crippen LogP contribution in [0.3, 0.4) is 0 Å². The number of rotatable bonds is 7. The van der Waals surface area contributed by atoms with Gasteiger partial charge in [-0.05, 0) is 41.5 Å². The Morgan fingerprint density at radius 1 is 1.21 bits per heavy atom. The highest BCUT2D eigenvalue weighted by Crippen LogP contribution is 2.36. The van der Waals surface area contributed by atoms with Crippen LogP contribution in [0.5, 0.6) is 5.75 Å². The van der Waals surface area contributed by atoms with Gasteiger partial charge in [-0.2, -0.15) is 0 Å². The lowest BCUT2D eigenvalue weighted by Crippen LogP contribution is -1.82. The van der Waals surface area contributed by atoms with Crippen LogP contribution in [-0.4, -0.2) is 23.1 Å². The molecule has 102 valence electrons. The standard InChI is InChI=1S/C13H16N2OS3/c1-3-4-9-17-19-13-15-14-12(18-13)10-5-7-11(16-2)8-6-10/h5-8H,3-4,9H2,1-2H3. The summed E-state index contributed by atoms with van der Waals surface area (Å²) in [6, 6.07) is 7.91. The minimum absolute atomic E-state index is 0.859. The van der Waals surface area contributed by atoms with Gasteiger partial charge in [-0.25, -0.2) is 0 Å². The smallest absolute Gasteiger partial charge is 0.185 e. The van der Waals surface area contributed by atoms with Gasteiger partial charge in [0.1, 0.15) is 10.8 Å². The van der Waals surface area contributed by atoms with Crippen LogP contribution in [0.4, 0.5) is 0 Å². The molecule has 1 heterocycles. The number of hydrogen-bond donors (Lipinski definition) is 0. The molecule has 19 heavy (non-hydrogen) atoms. The highest BCUT2D eigenvalue weighted by Gasteiger charge is 2.07. The summed E-state index contributed by atoms with van der Waals surface area (Å²) in [6.07, 6.45) is 2.49. The number of hydrogen-bond acceptors (Lipinski definition) is 6. The maximum Gasteiger partial charge on any atom is 0.185 e. The number of ether oxygens (including phenoxy) is 1. The first-order valence-corrected chi connectivity index (χ1v) is 9.24. The van der Waals surface area contributed by atoms with Gasteiger partial charge in [0.25, 0.3) is 0 Å². The first-order valence-electron chi connectivity index (χ1n) is 6.11. The first kappa shape index (κ1) is 14.7. The zero-order chi connectivity index (χ0) is 13.5. The van der Waals surface area contributed by atoms with E-state index in [0.717, 1.165) is 20.7 Å². The van der Waals surface area contributed by atoms with Crippen molar-refractivity contribution in [1.82, 2.24) is 10.2 Å². The number of aromatic nitrogens is 2. The van der Waals surface area contributed by atoms with E-state index in [2.05, 4.69) is 17.1 Å². The van der Waals surface area contributed by atoms with Crippen molar-refractivity contribution in [3.05, 3.63) is 24.3 Å². The van der Waals surface area contributed by atoms with Gasteiger partial charge in [0.15, 0.2) is 4.34 Å². The van der Waals surface area contributed by atoms with Crippen LogP contribution < -0.4 is 4.74 Å². The number of methoxy groups -OCH3 is 1. The summed E-state index contributed by atoms with van der Waals surface area (Å²) in [5, 5.41) is 9.41. The summed E-state index contributed by atoms with van der Waals surface area (Å²) in [4.78, 5) is 0. The van der Waals surface area contributed by atoms with Gasteiger partial charge >= 0.3 is 0 Å². The summed E-state index contributed by atoms with van der Waals surface area (Å²) in [6.45, 7) is 2.21. The Morgan fingerprint density at radius 2 is 2.00 bits per heavy atom. The first-order chi connectivity index (χ1) is 9.33. The van der Waals surface area contributed by atoms with Gasteiger partial charge in [-0.1, -0.05) is 35.5 Å². The maximum atomic E-state index is 5.15. The van der Waals surface area contributed by atoms with Crippen molar-refractivity contribution < 1.29 is 4.74 Å². The molecule has 0 radical (unpaired) electrons. The van der Waals surface area contributed by atoms with E-state index in [4.69, 9.17) is 4.74 Å². The monoisotopic (exact) mass is 312 g/mol.